The molecule has 4 atom stereocenters. The summed E-state index contributed by atoms with van der Waals surface area (Å²) in [6.45, 7) is 1.01. The predicted molar refractivity (Wildman–Crippen MR) is 152 cm³/mol. The molecule has 12 heteroatoms. The van der Waals surface area contributed by atoms with Crippen LogP contribution in [0.5, 0.6) is 5.75 Å². The van der Waals surface area contributed by atoms with Gasteiger partial charge in [-0.15, -0.1) is 0 Å². The van der Waals surface area contributed by atoms with Crippen molar-refractivity contribution in [2.45, 2.75) is 37.6 Å². The monoisotopic (exact) mass is 660 g/mol. The van der Waals surface area contributed by atoms with Crippen LogP contribution in [0.4, 0.5) is 0 Å². The quantitative estimate of drug-likeness (QED) is 0.218. The second-order valence-corrected chi connectivity index (χ2v) is 11.0. The zero-order valence-electron chi connectivity index (χ0n) is 21.8. The third-order valence-corrected chi connectivity index (χ3v) is 8.88. The lowest BCUT2D eigenvalue weighted by Gasteiger charge is -2.51. The van der Waals surface area contributed by atoms with Crippen molar-refractivity contribution in [3.63, 3.8) is 0 Å². The number of nitrogens with one attached hydrogen (secondary N) is 1. The normalized spacial score (nSPS) is 26.1. The van der Waals surface area contributed by atoms with E-state index in [0.717, 1.165) is 11.1 Å². The van der Waals surface area contributed by atoms with E-state index in [1.807, 2.05) is 12.1 Å². The van der Waals surface area contributed by atoms with Crippen LogP contribution in [-0.4, -0.2) is 68.4 Å². The SMILES string of the molecule is CN(C)[C@@H]1C(=O)C(C(N)=O)=C(O)[C@@]2(OI)C(=O)C3=C(O)c4c(O)ccc(CNCc5ccncc5)c4C[C@H]3C[C@@H]12. The molecule has 40 heavy (non-hydrogen) atoms. The largest absolute Gasteiger partial charge is 0.508 e. The van der Waals surface area contributed by atoms with Crippen LogP contribution in [0.2, 0.25) is 0 Å². The van der Waals surface area contributed by atoms with Crippen LogP contribution in [0, 0.1) is 11.8 Å². The number of Topliss-reactive ketones (excluding diaryl/α,β-unsaturated/α-hetero) is 2. The maximum absolute atomic E-state index is 14.2. The molecule has 1 heterocycles. The molecule has 6 N–H and O–H groups in total. The summed E-state index contributed by atoms with van der Waals surface area (Å²) in [5.74, 6) is -5.52. The molecule has 1 fully saturated rings. The minimum absolute atomic E-state index is 0.0279. The van der Waals surface area contributed by atoms with Crippen LogP contribution in [0.25, 0.3) is 5.76 Å². The van der Waals surface area contributed by atoms with Crippen LogP contribution in [0.1, 0.15) is 28.7 Å². The van der Waals surface area contributed by atoms with Gasteiger partial charge in [0.25, 0.3) is 5.91 Å². The number of primary amides is 1. The molecule has 11 nitrogen and oxygen atoms in total. The molecule has 3 aliphatic rings. The summed E-state index contributed by atoms with van der Waals surface area (Å²) < 4.78 is 5.65. The van der Waals surface area contributed by atoms with Crippen molar-refractivity contribution in [2.24, 2.45) is 17.6 Å². The van der Waals surface area contributed by atoms with E-state index in [0.29, 0.717) is 25.1 Å². The van der Waals surface area contributed by atoms with Crippen molar-refractivity contribution >= 4 is 46.2 Å². The van der Waals surface area contributed by atoms with Crippen LogP contribution in [0.15, 0.2) is 53.6 Å². The van der Waals surface area contributed by atoms with Gasteiger partial charge in [0, 0.05) is 37.0 Å². The number of hydrogen-bond acceptors (Lipinski definition) is 10. The molecule has 1 saturated carbocycles. The van der Waals surface area contributed by atoms with Crippen LogP contribution in [0.3, 0.4) is 0 Å². The third-order valence-electron chi connectivity index (χ3n) is 8.18. The zero-order chi connectivity index (χ0) is 28.9. The first-order chi connectivity index (χ1) is 19.0. The number of rotatable bonds is 7. The minimum atomic E-state index is -2.12. The van der Waals surface area contributed by atoms with Gasteiger partial charge >= 0.3 is 0 Å². The number of aromatic nitrogens is 1. The first-order valence-electron chi connectivity index (χ1n) is 12.7. The fraction of sp³-hybridized carbons (Fsp3) is 0.357. The molecule has 2 aromatic rings. The molecule has 3 aliphatic carbocycles. The van der Waals surface area contributed by atoms with Crippen molar-refractivity contribution in [2.75, 3.05) is 14.1 Å². The molecule has 0 saturated heterocycles. The molecule has 0 aliphatic heterocycles. The minimum Gasteiger partial charge on any atom is -0.508 e. The number of aromatic hydroxyl groups is 1. The van der Waals surface area contributed by atoms with Gasteiger partial charge in [0.2, 0.25) is 11.4 Å². The van der Waals surface area contributed by atoms with Crippen molar-refractivity contribution in [3.05, 3.63) is 75.8 Å². The number of nitrogens with two attached hydrogens (primary N) is 1. The second-order valence-electron chi connectivity index (χ2n) is 10.6. The van der Waals surface area contributed by atoms with Crippen molar-refractivity contribution in [1.29, 1.82) is 0 Å². The molecule has 0 bridgehead atoms. The van der Waals surface area contributed by atoms with Crippen LogP contribution < -0.4 is 11.1 Å². The van der Waals surface area contributed by atoms with E-state index < -0.39 is 58.0 Å². The number of phenols is 1. The number of pyridine rings is 1. The van der Waals surface area contributed by atoms with E-state index in [4.69, 9.17) is 8.80 Å². The van der Waals surface area contributed by atoms with Gasteiger partial charge in [0.15, 0.2) is 11.5 Å². The summed E-state index contributed by atoms with van der Waals surface area (Å²) in [7, 11) is 3.27. The fourth-order valence-electron chi connectivity index (χ4n) is 6.42. The molecular formula is C28H29IN4O7. The summed E-state index contributed by atoms with van der Waals surface area (Å²) in [6, 6.07) is 6.04. The first kappa shape index (κ1) is 28.2. The number of halogens is 1. The number of phenolic OH excluding ortho intramolecular Hbond substituents is 1. The van der Waals surface area contributed by atoms with E-state index in [1.165, 1.54) is 29.1 Å². The van der Waals surface area contributed by atoms with Gasteiger partial charge in [-0.2, -0.15) is 0 Å². The Kier molecular flexibility index (Phi) is 7.46. The van der Waals surface area contributed by atoms with E-state index >= 15 is 0 Å². The van der Waals surface area contributed by atoms with Gasteiger partial charge < -0.3 is 26.4 Å². The maximum atomic E-state index is 14.2. The standard InChI is InChI=1S/C28H29IN4O7/c1-33(2)22-17-10-15-9-16-14(12-32-11-13-5-7-31-8-6-13)3-4-18(34)20(16)23(35)19(15)25(37)28(17,40-29)26(38)21(24(22)36)27(30)39/h3-8,15,17,22,32,34-35,38H,9-12H2,1-2H3,(H2,30,39)/t15-,17-,22-,28-/m0/s1. The Labute approximate surface area is 244 Å². The molecule has 0 radical (unpaired) electrons. The number of nitrogens with zero attached hydrogens (tertiary/aromatic N) is 2. The number of ketones is 2. The molecule has 1 amide bonds. The van der Waals surface area contributed by atoms with Crippen molar-refractivity contribution in [1.82, 2.24) is 15.2 Å². The molecule has 210 valence electrons. The highest BCUT2D eigenvalue weighted by Gasteiger charge is 2.66. The molecule has 0 unspecified atom stereocenters. The Morgan fingerprint density at radius 1 is 1.18 bits per heavy atom. The average Bonchev–Trinajstić information content (AvgIpc) is 2.90. The highest BCUT2D eigenvalue weighted by atomic mass is 127. The smallest absolute Gasteiger partial charge is 0.255 e. The lowest BCUT2D eigenvalue weighted by atomic mass is 9.57. The molecular weight excluding hydrogens is 631 g/mol. The van der Waals surface area contributed by atoms with Gasteiger partial charge in [0.05, 0.1) is 11.6 Å². The van der Waals surface area contributed by atoms with E-state index in [-0.39, 0.29) is 23.3 Å². The highest BCUT2D eigenvalue weighted by Crippen LogP contribution is 2.54. The van der Waals surface area contributed by atoms with Gasteiger partial charge in [-0.1, -0.05) is 6.07 Å². The Hall–Kier alpha value is -3.33. The van der Waals surface area contributed by atoms with Gasteiger partial charge in [-0.25, -0.2) is 0 Å². The second kappa shape index (κ2) is 10.6. The maximum Gasteiger partial charge on any atom is 0.255 e. The number of amides is 1. The Morgan fingerprint density at radius 3 is 2.50 bits per heavy atom. The van der Waals surface area contributed by atoms with Crippen molar-refractivity contribution in [3.8, 4) is 5.75 Å². The number of likely N-dealkylation sites (N-methyl/N-ethyl adjacent to an activating group) is 1. The Balaban J connectivity index is 1.60. The topological polar surface area (TPSA) is 175 Å². The van der Waals surface area contributed by atoms with Gasteiger partial charge in [-0.05, 0) is 67.7 Å². The number of aliphatic hydroxyl groups excluding tert-OH is 2. The number of benzene rings is 1. The molecule has 1 aromatic heterocycles. The number of aliphatic hydroxyl groups is 2. The third kappa shape index (κ3) is 4.21. The molecule has 0 spiro atoms. The molecule has 5 rings (SSSR count). The predicted octanol–water partition coefficient (Wildman–Crippen LogP) is 2.02. The number of fused-ring (bicyclic) bond motifs is 3. The van der Waals surface area contributed by atoms with Crippen LogP contribution >= 0.6 is 23.0 Å². The van der Waals surface area contributed by atoms with Gasteiger partial charge in [-0.3, -0.25) is 27.3 Å². The average molecular weight is 660 g/mol. The summed E-state index contributed by atoms with van der Waals surface area (Å²) in [6.07, 6.45) is 3.90. The Morgan fingerprint density at radius 2 is 1.88 bits per heavy atom. The summed E-state index contributed by atoms with van der Waals surface area (Å²) >= 11 is 1.48. The van der Waals surface area contributed by atoms with E-state index in [9.17, 15) is 29.7 Å². The highest BCUT2D eigenvalue weighted by molar-refractivity contribution is 14.1. The number of carbonyl (C=O) groups is 3. The van der Waals surface area contributed by atoms with E-state index in [2.05, 4.69) is 10.3 Å². The number of carbonyl (C=O) groups excluding carboxylic acids is 3. The zero-order valence-corrected chi connectivity index (χ0v) is 24.0. The first-order valence-corrected chi connectivity index (χ1v) is 13.6. The molecule has 1 aromatic carbocycles. The Bertz CT molecular complexity index is 1470. The lowest BCUT2D eigenvalue weighted by molar-refractivity contribution is -0.145. The van der Waals surface area contributed by atoms with Gasteiger partial charge in [0.1, 0.15) is 40.1 Å². The summed E-state index contributed by atoms with van der Waals surface area (Å²) in [5.41, 5.74) is 5.32. The summed E-state index contributed by atoms with van der Waals surface area (Å²) in [4.78, 5) is 45.4. The van der Waals surface area contributed by atoms with Crippen molar-refractivity contribution < 1.29 is 32.8 Å². The number of hydrogen-bond donors (Lipinski definition) is 5. The van der Waals surface area contributed by atoms with Crippen LogP contribution in [-0.2, 0) is 37.0 Å². The fourth-order valence-corrected chi connectivity index (χ4v) is 7.16. The lowest BCUT2D eigenvalue weighted by Crippen LogP contribution is -2.66. The van der Waals surface area contributed by atoms with E-state index in [1.54, 1.807) is 37.5 Å². The summed E-state index contributed by atoms with van der Waals surface area (Å²) in [5, 5.41) is 36.8.